The zero-order chi connectivity index (χ0) is 16.8. The van der Waals surface area contributed by atoms with E-state index < -0.39 is 23.4 Å². The zero-order valence-corrected chi connectivity index (χ0v) is 13.2. The van der Waals surface area contributed by atoms with Crippen molar-refractivity contribution in [2.24, 2.45) is 5.92 Å². The average molecular weight is 341 g/mol. The number of amides is 1. The Hall–Kier alpha value is -2.15. The van der Waals surface area contributed by atoms with Gasteiger partial charge in [0.15, 0.2) is 6.61 Å². The Balaban J connectivity index is 1.83. The summed E-state index contributed by atoms with van der Waals surface area (Å²) in [6.45, 7) is -0.440. The number of esters is 1. The normalized spacial score (nSPS) is 14.5. The molecule has 0 aliphatic heterocycles. The van der Waals surface area contributed by atoms with Crippen molar-refractivity contribution in [2.45, 2.75) is 32.1 Å². The molecule has 0 unspecified atom stereocenters. The number of nitrogens with zero attached hydrogens (tertiary/aromatic N) is 1. The molecular weight excluding hydrogens is 324 g/mol. The Morgan fingerprint density at radius 3 is 2.70 bits per heavy atom. The third-order valence-electron chi connectivity index (χ3n) is 3.73. The molecule has 1 aliphatic rings. The summed E-state index contributed by atoms with van der Waals surface area (Å²) in [4.78, 5) is 33.5. The van der Waals surface area contributed by atoms with Crippen molar-refractivity contribution >= 4 is 34.9 Å². The lowest BCUT2D eigenvalue weighted by atomic mass is 10.1. The maximum absolute atomic E-state index is 11.8. The fourth-order valence-corrected chi connectivity index (χ4v) is 2.73. The van der Waals surface area contributed by atoms with Gasteiger partial charge in [-0.3, -0.25) is 19.7 Å². The van der Waals surface area contributed by atoms with Crippen molar-refractivity contribution in [3.63, 3.8) is 0 Å². The Labute approximate surface area is 138 Å². The molecule has 2 rings (SSSR count). The van der Waals surface area contributed by atoms with Crippen LogP contribution in [0.25, 0.3) is 0 Å². The second kappa shape index (κ2) is 7.92. The van der Waals surface area contributed by atoms with Gasteiger partial charge in [0, 0.05) is 18.6 Å². The summed E-state index contributed by atoms with van der Waals surface area (Å²) < 4.78 is 4.93. The van der Waals surface area contributed by atoms with Crippen LogP contribution in [0, 0.1) is 16.0 Å². The Morgan fingerprint density at radius 1 is 1.35 bits per heavy atom. The number of halogens is 1. The fraction of sp³-hybridized carbons (Fsp3) is 0.467. The molecule has 0 saturated heterocycles. The van der Waals surface area contributed by atoms with Gasteiger partial charge in [0.2, 0.25) is 0 Å². The number of nitro benzene ring substituents is 1. The van der Waals surface area contributed by atoms with Crippen molar-refractivity contribution in [1.29, 1.82) is 0 Å². The summed E-state index contributed by atoms with van der Waals surface area (Å²) in [5.74, 6) is -0.652. The molecule has 0 bridgehead atoms. The summed E-state index contributed by atoms with van der Waals surface area (Å²) in [6.07, 6.45) is 4.62. The van der Waals surface area contributed by atoms with Crippen molar-refractivity contribution < 1.29 is 19.2 Å². The number of nitro groups is 1. The smallest absolute Gasteiger partial charge is 0.306 e. The van der Waals surface area contributed by atoms with E-state index >= 15 is 0 Å². The number of benzene rings is 1. The van der Waals surface area contributed by atoms with E-state index in [1.807, 2.05) is 0 Å². The van der Waals surface area contributed by atoms with E-state index in [0.29, 0.717) is 12.3 Å². The van der Waals surface area contributed by atoms with Crippen LogP contribution in [0.5, 0.6) is 0 Å². The molecule has 0 aromatic heterocycles. The van der Waals surface area contributed by atoms with E-state index in [2.05, 4.69) is 5.32 Å². The molecule has 0 heterocycles. The van der Waals surface area contributed by atoms with Crippen LogP contribution in [0.15, 0.2) is 18.2 Å². The maximum Gasteiger partial charge on any atom is 0.306 e. The molecule has 7 nitrogen and oxygen atoms in total. The minimum absolute atomic E-state index is 0.109. The number of hydrogen-bond acceptors (Lipinski definition) is 5. The van der Waals surface area contributed by atoms with E-state index in [1.54, 1.807) is 0 Å². The quantitative estimate of drug-likeness (QED) is 0.486. The number of carbonyl (C=O) groups excluding carboxylic acids is 2. The molecule has 1 aliphatic carbocycles. The van der Waals surface area contributed by atoms with Gasteiger partial charge in [0.05, 0.1) is 15.6 Å². The van der Waals surface area contributed by atoms with Gasteiger partial charge in [-0.1, -0.05) is 24.4 Å². The number of ether oxygens (including phenoxy) is 1. The topological polar surface area (TPSA) is 98.5 Å². The summed E-state index contributed by atoms with van der Waals surface area (Å²) in [6, 6.07) is 3.71. The number of hydrogen-bond donors (Lipinski definition) is 1. The first-order valence-corrected chi connectivity index (χ1v) is 7.73. The van der Waals surface area contributed by atoms with Crippen LogP contribution in [0.4, 0.5) is 11.4 Å². The average Bonchev–Trinajstić information content (AvgIpc) is 3.00. The number of non-ortho nitro benzene ring substituents is 1. The van der Waals surface area contributed by atoms with Gasteiger partial charge >= 0.3 is 5.97 Å². The molecule has 1 fully saturated rings. The molecule has 1 aromatic rings. The molecular formula is C15H17ClN2O5. The number of nitrogens with one attached hydrogen (secondary N) is 1. The first-order valence-electron chi connectivity index (χ1n) is 7.35. The van der Waals surface area contributed by atoms with Gasteiger partial charge in [-0.25, -0.2) is 0 Å². The lowest BCUT2D eigenvalue weighted by Gasteiger charge is -2.10. The van der Waals surface area contributed by atoms with Gasteiger partial charge in [0.1, 0.15) is 0 Å². The number of carbonyl (C=O) groups is 2. The molecule has 0 radical (unpaired) electrons. The third kappa shape index (κ3) is 5.21. The zero-order valence-electron chi connectivity index (χ0n) is 12.4. The molecule has 1 amide bonds. The summed E-state index contributed by atoms with van der Waals surface area (Å²) in [7, 11) is 0. The van der Waals surface area contributed by atoms with Gasteiger partial charge in [-0.2, -0.15) is 0 Å². The first kappa shape index (κ1) is 17.2. The SMILES string of the molecule is O=C(COC(=O)CC1CCCC1)Nc1cc([N+](=O)[O-])ccc1Cl. The van der Waals surface area contributed by atoms with E-state index in [-0.39, 0.29) is 16.4 Å². The van der Waals surface area contributed by atoms with Crippen molar-refractivity contribution in [1.82, 2.24) is 0 Å². The monoisotopic (exact) mass is 340 g/mol. The Kier molecular flexibility index (Phi) is 5.92. The predicted octanol–water partition coefficient (Wildman–Crippen LogP) is 3.31. The highest BCUT2D eigenvalue weighted by Crippen LogP contribution is 2.28. The Bertz CT molecular complexity index is 614. The molecule has 124 valence electrons. The van der Waals surface area contributed by atoms with Crippen LogP contribution < -0.4 is 5.32 Å². The molecule has 1 N–H and O–H groups in total. The van der Waals surface area contributed by atoms with Gasteiger partial charge < -0.3 is 10.1 Å². The van der Waals surface area contributed by atoms with Crippen LogP contribution in [0.3, 0.4) is 0 Å². The van der Waals surface area contributed by atoms with E-state index in [4.69, 9.17) is 16.3 Å². The molecule has 23 heavy (non-hydrogen) atoms. The summed E-state index contributed by atoms with van der Waals surface area (Å²) in [5.41, 5.74) is -0.0827. The lowest BCUT2D eigenvalue weighted by molar-refractivity contribution is -0.384. The van der Waals surface area contributed by atoms with Gasteiger partial charge in [0.25, 0.3) is 11.6 Å². The summed E-state index contributed by atoms with van der Waals surface area (Å²) >= 11 is 5.88. The van der Waals surface area contributed by atoms with E-state index in [1.165, 1.54) is 12.1 Å². The maximum atomic E-state index is 11.8. The van der Waals surface area contributed by atoms with E-state index in [0.717, 1.165) is 31.7 Å². The van der Waals surface area contributed by atoms with E-state index in [9.17, 15) is 19.7 Å². The van der Waals surface area contributed by atoms with Crippen molar-refractivity contribution in [3.05, 3.63) is 33.3 Å². The van der Waals surface area contributed by atoms with Gasteiger partial charge in [-0.05, 0) is 24.8 Å². The Morgan fingerprint density at radius 2 is 2.04 bits per heavy atom. The van der Waals surface area contributed by atoms with Crippen LogP contribution in [0.2, 0.25) is 5.02 Å². The first-order chi connectivity index (χ1) is 11.0. The minimum atomic E-state index is -0.591. The number of anilines is 1. The van der Waals surface area contributed by atoms with Crippen LogP contribution in [0.1, 0.15) is 32.1 Å². The van der Waals surface area contributed by atoms with Crippen LogP contribution in [-0.4, -0.2) is 23.4 Å². The largest absolute Gasteiger partial charge is 0.456 e. The van der Waals surface area contributed by atoms with Crippen LogP contribution in [-0.2, 0) is 14.3 Å². The molecule has 0 spiro atoms. The lowest BCUT2D eigenvalue weighted by Crippen LogP contribution is -2.21. The highest BCUT2D eigenvalue weighted by atomic mass is 35.5. The number of rotatable bonds is 6. The molecule has 8 heteroatoms. The second-order valence-electron chi connectivity index (χ2n) is 5.48. The second-order valence-corrected chi connectivity index (χ2v) is 5.89. The molecule has 0 atom stereocenters. The van der Waals surface area contributed by atoms with Crippen LogP contribution >= 0.6 is 11.6 Å². The molecule has 1 saturated carbocycles. The third-order valence-corrected chi connectivity index (χ3v) is 4.06. The summed E-state index contributed by atoms with van der Waals surface area (Å²) in [5, 5.41) is 13.3. The highest BCUT2D eigenvalue weighted by Gasteiger charge is 2.20. The fourth-order valence-electron chi connectivity index (χ4n) is 2.56. The van der Waals surface area contributed by atoms with Gasteiger partial charge in [-0.15, -0.1) is 0 Å². The standard InChI is InChI=1S/C15H17ClN2O5/c16-12-6-5-11(18(21)22)8-13(12)17-14(19)9-23-15(20)7-10-3-1-2-4-10/h5-6,8,10H,1-4,7,9H2,(H,17,19). The predicted molar refractivity (Wildman–Crippen MR) is 84.3 cm³/mol. The minimum Gasteiger partial charge on any atom is -0.456 e. The van der Waals surface area contributed by atoms with Crippen molar-refractivity contribution in [3.8, 4) is 0 Å². The highest BCUT2D eigenvalue weighted by molar-refractivity contribution is 6.33. The molecule has 1 aromatic carbocycles. The van der Waals surface area contributed by atoms with Crippen molar-refractivity contribution in [2.75, 3.05) is 11.9 Å².